The van der Waals surface area contributed by atoms with Gasteiger partial charge in [0.2, 0.25) is 0 Å². The van der Waals surface area contributed by atoms with Gasteiger partial charge in [0.15, 0.2) is 11.5 Å². The van der Waals surface area contributed by atoms with E-state index in [0.717, 1.165) is 20.6 Å². The van der Waals surface area contributed by atoms with Crippen molar-refractivity contribution in [2.24, 2.45) is 7.05 Å². The second kappa shape index (κ2) is 4.47. The van der Waals surface area contributed by atoms with Crippen molar-refractivity contribution in [1.29, 1.82) is 0 Å². The molecule has 0 aliphatic rings. The summed E-state index contributed by atoms with van der Waals surface area (Å²) in [5, 5.41) is 0.589. The molecule has 3 rings (SSSR count). The van der Waals surface area contributed by atoms with Gasteiger partial charge in [0.1, 0.15) is 11.2 Å². The number of aryl methyl sites for hydroxylation is 1. The quantitative estimate of drug-likeness (QED) is 0.618. The minimum absolute atomic E-state index is 0.589. The molecule has 0 fully saturated rings. The van der Waals surface area contributed by atoms with E-state index in [1.54, 1.807) is 18.3 Å². The number of rotatable bonds is 1. The SMILES string of the molecule is Cn1c(-c2ncccc2Cl)nc2cc(I)cnc21. The summed E-state index contributed by atoms with van der Waals surface area (Å²) in [5.41, 5.74) is 2.35. The molecule has 0 aliphatic carbocycles. The summed E-state index contributed by atoms with van der Waals surface area (Å²) in [4.78, 5) is 13.2. The highest BCUT2D eigenvalue weighted by molar-refractivity contribution is 14.1. The van der Waals surface area contributed by atoms with Crippen molar-refractivity contribution < 1.29 is 0 Å². The molecule has 3 aromatic rings. The third-order valence-electron chi connectivity index (χ3n) is 2.65. The van der Waals surface area contributed by atoms with Gasteiger partial charge in [-0.05, 0) is 40.8 Å². The Kier molecular flexibility index (Phi) is 2.95. The van der Waals surface area contributed by atoms with E-state index in [9.17, 15) is 0 Å². The average Bonchev–Trinajstić information content (AvgIpc) is 2.67. The molecule has 0 amide bonds. The summed E-state index contributed by atoms with van der Waals surface area (Å²) in [6.45, 7) is 0. The maximum atomic E-state index is 6.15. The maximum absolute atomic E-state index is 6.15. The molecule has 0 saturated heterocycles. The first-order valence-electron chi connectivity index (χ1n) is 5.25. The van der Waals surface area contributed by atoms with Crippen LogP contribution in [0.4, 0.5) is 0 Å². The van der Waals surface area contributed by atoms with Gasteiger partial charge in [0.05, 0.1) is 5.02 Å². The molecule has 0 radical (unpaired) electrons. The molecular formula is C12H8ClIN4. The fraction of sp³-hybridized carbons (Fsp3) is 0.0833. The topological polar surface area (TPSA) is 43.6 Å². The van der Waals surface area contributed by atoms with Gasteiger partial charge < -0.3 is 4.57 Å². The Morgan fingerprint density at radius 1 is 1.33 bits per heavy atom. The van der Waals surface area contributed by atoms with Crippen LogP contribution in [0.15, 0.2) is 30.6 Å². The highest BCUT2D eigenvalue weighted by atomic mass is 127. The minimum atomic E-state index is 0.589. The van der Waals surface area contributed by atoms with E-state index in [0.29, 0.717) is 10.7 Å². The van der Waals surface area contributed by atoms with Gasteiger partial charge in [0.25, 0.3) is 0 Å². The molecule has 0 bridgehead atoms. The van der Waals surface area contributed by atoms with Crippen LogP contribution in [0.3, 0.4) is 0 Å². The summed E-state index contributed by atoms with van der Waals surface area (Å²) < 4.78 is 2.96. The molecule has 6 heteroatoms. The second-order valence-corrected chi connectivity index (χ2v) is 5.48. The lowest BCUT2D eigenvalue weighted by molar-refractivity contribution is 0.934. The third-order valence-corrected chi connectivity index (χ3v) is 3.54. The fourth-order valence-corrected chi connectivity index (χ4v) is 2.45. The number of hydrogen-bond donors (Lipinski definition) is 0. The van der Waals surface area contributed by atoms with Crippen LogP contribution in [0.1, 0.15) is 0 Å². The van der Waals surface area contributed by atoms with Crippen LogP contribution in [0.25, 0.3) is 22.7 Å². The lowest BCUT2D eigenvalue weighted by Crippen LogP contribution is -1.96. The van der Waals surface area contributed by atoms with Gasteiger partial charge in [0, 0.05) is 23.0 Å². The van der Waals surface area contributed by atoms with Gasteiger partial charge in [-0.3, -0.25) is 4.98 Å². The zero-order chi connectivity index (χ0) is 12.7. The molecular weight excluding hydrogens is 363 g/mol. The molecule has 3 heterocycles. The molecule has 0 unspecified atom stereocenters. The van der Waals surface area contributed by atoms with Crippen molar-refractivity contribution in [3.05, 3.63) is 39.2 Å². The standard InChI is InChI=1S/C12H8ClIN4/c1-18-11-9(5-7(14)6-16-11)17-12(18)10-8(13)3-2-4-15-10/h2-6H,1H3. The Morgan fingerprint density at radius 2 is 2.17 bits per heavy atom. The molecule has 0 atom stereocenters. The second-order valence-electron chi connectivity index (χ2n) is 3.82. The van der Waals surface area contributed by atoms with Gasteiger partial charge in [-0.2, -0.15) is 0 Å². The van der Waals surface area contributed by atoms with Gasteiger partial charge >= 0.3 is 0 Å². The summed E-state index contributed by atoms with van der Waals surface area (Å²) in [7, 11) is 1.91. The van der Waals surface area contributed by atoms with Crippen molar-refractivity contribution in [3.8, 4) is 11.5 Å². The first-order valence-corrected chi connectivity index (χ1v) is 6.71. The van der Waals surface area contributed by atoms with Gasteiger partial charge in [-0.25, -0.2) is 9.97 Å². The van der Waals surface area contributed by atoms with Gasteiger partial charge in [-0.15, -0.1) is 0 Å². The molecule has 0 N–H and O–H groups in total. The van der Waals surface area contributed by atoms with Crippen LogP contribution in [0.2, 0.25) is 5.02 Å². The number of fused-ring (bicyclic) bond motifs is 1. The Balaban J connectivity index is 2.31. The van der Waals surface area contributed by atoms with E-state index in [4.69, 9.17) is 11.6 Å². The maximum Gasteiger partial charge on any atom is 0.162 e. The number of nitrogens with zero attached hydrogens (tertiary/aromatic N) is 4. The lowest BCUT2D eigenvalue weighted by atomic mass is 10.3. The van der Waals surface area contributed by atoms with Crippen LogP contribution in [0.5, 0.6) is 0 Å². The lowest BCUT2D eigenvalue weighted by Gasteiger charge is -2.02. The molecule has 0 saturated carbocycles. The van der Waals surface area contributed by atoms with Crippen molar-refractivity contribution in [2.75, 3.05) is 0 Å². The molecule has 0 aliphatic heterocycles. The predicted molar refractivity (Wildman–Crippen MR) is 79.5 cm³/mol. The van der Waals surface area contributed by atoms with E-state index in [2.05, 4.69) is 37.5 Å². The van der Waals surface area contributed by atoms with E-state index in [-0.39, 0.29) is 0 Å². The first kappa shape index (κ1) is 11.9. The molecule has 3 aromatic heterocycles. The molecule has 4 nitrogen and oxygen atoms in total. The highest BCUT2D eigenvalue weighted by Crippen LogP contribution is 2.26. The fourth-order valence-electron chi connectivity index (χ4n) is 1.81. The molecule has 90 valence electrons. The van der Waals surface area contributed by atoms with Crippen molar-refractivity contribution in [1.82, 2.24) is 19.5 Å². The minimum Gasteiger partial charge on any atom is -0.310 e. The normalized spacial score (nSPS) is 11.1. The van der Waals surface area contributed by atoms with Crippen LogP contribution < -0.4 is 0 Å². The highest BCUT2D eigenvalue weighted by Gasteiger charge is 2.14. The first-order chi connectivity index (χ1) is 8.66. The van der Waals surface area contributed by atoms with E-state index in [1.165, 1.54) is 0 Å². The Labute approximate surface area is 122 Å². The molecule has 18 heavy (non-hydrogen) atoms. The largest absolute Gasteiger partial charge is 0.310 e. The van der Waals surface area contributed by atoms with E-state index >= 15 is 0 Å². The van der Waals surface area contributed by atoms with Gasteiger partial charge in [-0.1, -0.05) is 11.6 Å². The third kappa shape index (κ3) is 1.87. The smallest absolute Gasteiger partial charge is 0.162 e. The van der Waals surface area contributed by atoms with Crippen LogP contribution >= 0.6 is 34.2 Å². The Bertz CT molecular complexity index is 738. The molecule has 0 aromatic carbocycles. The van der Waals surface area contributed by atoms with E-state index < -0.39 is 0 Å². The Hall–Kier alpha value is -1.21. The monoisotopic (exact) mass is 370 g/mol. The number of pyridine rings is 2. The van der Waals surface area contributed by atoms with Crippen molar-refractivity contribution in [3.63, 3.8) is 0 Å². The zero-order valence-electron chi connectivity index (χ0n) is 9.43. The summed E-state index contributed by atoms with van der Waals surface area (Å²) in [6, 6.07) is 5.60. The number of halogens is 2. The van der Waals surface area contributed by atoms with Crippen LogP contribution in [-0.4, -0.2) is 19.5 Å². The number of hydrogen-bond acceptors (Lipinski definition) is 3. The van der Waals surface area contributed by atoms with Crippen LogP contribution in [0, 0.1) is 3.57 Å². The number of imidazole rings is 1. The van der Waals surface area contributed by atoms with Crippen LogP contribution in [-0.2, 0) is 7.05 Å². The van der Waals surface area contributed by atoms with E-state index in [1.807, 2.05) is 23.9 Å². The molecule has 0 spiro atoms. The summed E-state index contributed by atoms with van der Waals surface area (Å²) in [6.07, 6.45) is 3.52. The average molecular weight is 371 g/mol. The summed E-state index contributed by atoms with van der Waals surface area (Å²) >= 11 is 8.37. The zero-order valence-corrected chi connectivity index (χ0v) is 12.3. The van der Waals surface area contributed by atoms with Crippen molar-refractivity contribution >= 4 is 45.4 Å². The van der Waals surface area contributed by atoms with Crippen molar-refractivity contribution in [2.45, 2.75) is 0 Å². The predicted octanol–water partition coefficient (Wildman–Crippen LogP) is 3.29. The Morgan fingerprint density at radius 3 is 2.94 bits per heavy atom. The number of aromatic nitrogens is 4. The summed E-state index contributed by atoms with van der Waals surface area (Å²) in [5.74, 6) is 0.727.